The number of para-hydroxylation sites is 1. The summed E-state index contributed by atoms with van der Waals surface area (Å²) in [5.41, 5.74) is -0.494. The van der Waals surface area contributed by atoms with Gasteiger partial charge in [-0.1, -0.05) is 23.7 Å². The maximum Gasteiger partial charge on any atom is 0.416 e. The minimum atomic E-state index is -4.61. The largest absolute Gasteiger partial charge is 0.452 e. The van der Waals surface area contributed by atoms with Crippen molar-refractivity contribution in [3.8, 4) is 17.2 Å². The molecule has 0 fully saturated rings. The van der Waals surface area contributed by atoms with E-state index in [4.69, 9.17) is 16.3 Å². The highest BCUT2D eigenvalue weighted by Gasteiger charge is 2.31. The lowest BCUT2D eigenvalue weighted by Gasteiger charge is -2.16. The molecule has 6 aromatic rings. The third-order valence-electron chi connectivity index (χ3n) is 6.66. The van der Waals surface area contributed by atoms with Crippen molar-refractivity contribution in [2.24, 2.45) is 7.05 Å². The first-order valence-corrected chi connectivity index (χ1v) is 13.0. The highest BCUT2D eigenvalue weighted by atomic mass is 35.5. The van der Waals surface area contributed by atoms with E-state index in [0.717, 1.165) is 24.3 Å². The minimum absolute atomic E-state index is 0.0271. The number of hydrogen-bond donors (Lipinski definition) is 1. The van der Waals surface area contributed by atoms with E-state index in [2.05, 4.69) is 15.3 Å². The Hall–Kier alpha value is -5.23. The normalized spacial score (nSPS) is 11.7. The Labute approximate surface area is 244 Å². The molecule has 1 N–H and O–H groups in total. The lowest BCUT2D eigenvalue weighted by molar-refractivity contribution is -0.137. The molecule has 6 rings (SSSR count). The number of aryl methyl sites for hydroxylation is 1. The van der Waals surface area contributed by atoms with Crippen molar-refractivity contribution < 1.29 is 27.1 Å². The van der Waals surface area contributed by atoms with Crippen LogP contribution in [0, 0.1) is 5.82 Å². The lowest BCUT2D eigenvalue weighted by Crippen LogP contribution is -2.23. The van der Waals surface area contributed by atoms with E-state index in [1.165, 1.54) is 41.2 Å². The van der Waals surface area contributed by atoms with Crippen LogP contribution in [0.2, 0.25) is 5.02 Å². The average molecular weight is 608 g/mol. The predicted octanol–water partition coefficient (Wildman–Crippen LogP) is 7.13. The first-order chi connectivity index (χ1) is 20.5. The summed E-state index contributed by atoms with van der Waals surface area (Å²) in [6.45, 7) is 0. The van der Waals surface area contributed by atoms with Gasteiger partial charge in [0.15, 0.2) is 28.5 Å². The van der Waals surface area contributed by atoms with Gasteiger partial charge in [-0.05, 0) is 42.5 Å². The zero-order valence-electron chi connectivity index (χ0n) is 22.0. The number of nitrogens with zero attached hydrogens (tertiary/aromatic N) is 4. The van der Waals surface area contributed by atoms with Crippen LogP contribution in [0.15, 0.2) is 90.2 Å². The number of aromatic nitrogens is 4. The molecule has 0 atom stereocenters. The molecule has 8 nitrogen and oxygen atoms in total. The van der Waals surface area contributed by atoms with Gasteiger partial charge in [-0.15, -0.1) is 0 Å². The van der Waals surface area contributed by atoms with E-state index in [-0.39, 0.29) is 38.8 Å². The molecule has 0 spiro atoms. The van der Waals surface area contributed by atoms with Gasteiger partial charge >= 0.3 is 6.18 Å². The quantitative estimate of drug-likeness (QED) is 0.211. The van der Waals surface area contributed by atoms with Gasteiger partial charge < -0.3 is 19.2 Å². The van der Waals surface area contributed by atoms with Crippen molar-refractivity contribution in [2.75, 3.05) is 5.32 Å². The molecule has 1 amide bonds. The van der Waals surface area contributed by atoms with Gasteiger partial charge in [-0.2, -0.15) is 13.2 Å². The maximum atomic E-state index is 15.0. The number of amides is 1. The summed E-state index contributed by atoms with van der Waals surface area (Å²) >= 11 is 6.23. The zero-order chi connectivity index (χ0) is 30.5. The number of imidazole rings is 1. The van der Waals surface area contributed by atoms with Crippen LogP contribution in [-0.4, -0.2) is 25.0 Å². The lowest BCUT2D eigenvalue weighted by atomic mass is 10.1. The second-order valence-electron chi connectivity index (χ2n) is 9.46. The van der Waals surface area contributed by atoms with Crippen LogP contribution < -0.4 is 15.5 Å². The fourth-order valence-electron chi connectivity index (χ4n) is 4.58. The molecule has 0 saturated heterocycles. The number of pyridine rings is 2. The summed E-state index contributed by atoms with van der Waals surface area (Å²) in [6, 6.07) is 14.3. The molecule has 216 valence electrons. The first-order valence-electron chi connectivity index (χ1n) is 12.6. The van der Waals surface area contributed by atoms with Gasteiger partial charge in [-0.3, -0.25) is 9.59 Å². The molecule has 0 aliphatic rings. The van der Waals surface area contributed by atoms with Crippen molar-refractivity contribution >= 4 is 45.3 Å². The number of rotatable bonds is 5. The van der Waals surface area contributed by atoms with Crippen LogP contribution >= 0.6 is 11.6 Å². The Morgan fingerprint density at radius 1 is 1.00 bits per heavy atom. The van der Waals surface area contributed by atoms with E-state index in [1.807, 2.05) is 0 Å². The van der Waals surface area contributed by atoms with Gasteiger partial charge in [0.1, 0.15) is 5.56 Å². The molecule has 0 radical (unpaired) electrons. The molecule has 0 aliphatic heterocycles. The number of carbonyl (C=O) groups is 1. The van der Waals surface area contributed by atoms with Crippen molar-refractivity contribution in [3.05, 3.63) is 118 Å². The van der Waals surface area contributed by atoms with Crippen molar-refractivity contribution in [1.29, 1.82) is 0 Å². The van der Waals surface area contributed by atoms with Crippen LogP contribution in [0.25, 0.3) is 27.8 Å². The Morgan fingerprint density at radius 2 is 1.79 bits per heavy atom. The van der Waals surface area contributed by atoms with Gasteiger partial charge in [-0.25, -0.2) is 14.4 Å². The summed E-state index contributed by atoms with van der Waals surface area (Å²) in [4.78, 5) is 35.0. The number of anilines is 1. The third kappa shape index (κ3) is 5.17. The molecule has 0 unspecified atom stereocenters. The van der Waals surface area contributed by atoms with Crippen molar-refractivity contribution in [2.45, 2.75) is 6.18 Å². The Balaban J connectivity index is 1.33. The van der Waals surface area contributed by atoms with Gasteiger partial charge in [0.2, 0.25) is 5.43 Å². The maximum absolute atomic E-state index is 15.0. The second-order valence-corrected chi connectivity index (χ2v) is 9.87. The number of ether oxygens (including phenoxy) is 1. The number of halogens is 5. The van der Waals surface area contributed by atoms with Crippen molar-refractivity contribution in [3.63, 3.8) is 0 Å². The van der Waals surface area contributed by atoms with Crippen LogP contribution in [0.1, 0.15) is 15.9 Å². The molecule has 3 aromatic heterocycles. The number of hydrogen-bond acceptors (Lipinski definition) is 5. The summed E-state index contributed by atoms with van der Waals surface area (Å²) in [5.74, 6) is -1.53. The number of alkyl halides is 3. The van der Waals surface area contributed by atoms with Crippen LogP contribution in [0.4, 0.5) is 23.2 Å². The van der Waals surface area contributed by atoms with Gasteiger partial charge in [0.05, 0.1) is 28.1 Å². The molecule has 43 heavy (non-hydrogen) atoms. The second kappa shape index (κ2) is 10.6. The minimum Gasteiger partial charge on any atom is -0.452 e. The monoisotopic (exact) mass is 607 g/mol. The molecule has 3 heterocycles. The standard InChI is InChI=1S/C30H18ClF4N5O3/c1-39-15-37-26-25(10-11-36-28(26)39)43-24-9-7-17(13-21(24)32)38-29(42)19-14-40(22-5-3-2-4-18(22)27(19)41)23-8-6-16(12-20(23)31)30(33,34)35/h2-15H,1H3,(H,38,42). The first kappa shape index (κ1) is 27.9. The molecular weight excluding hydrogens is 590 g/mol. The Bertz CT molecular complexity index is 2120. The SMILES string of the molecule is Cn1cnc2c(Oc3ccc(NC(=O)c4cn(-c5ccc(C(F)(F)F)cc5Cl)c5ccccc5c4=O)cc3F)ccnc21. The summed E-state index contributed by atoms with van der Waals surface area (Å²) in [6.07, 6.45) is -0.382. The molecule has 3 aromatic carbocycles. The van der Waals surface area contributed by atoms with Gasteiger partial charge in [0, 0.05) is 42.6 Å². The fraction of sp³-hybridized carbons (Fsp3) is 0.0667. The Morgan fingerprint density at radius 3 is 2.53 bits per heavy atom. The number of carbonyl (C=O) groups excluding carboxylic acids is 1. The van der Waals surface area contributed by atoms with Crippen LogP contribution in [0.5, 0.6) is 11.5 Å². The number of benzene rings is 3. The average Bonchev–Trinajstić information content (AvgIpc) is 3.36. The highest BCUT2D eigenvalue weighted by molar-refractivity contribution is 6.32. The van der Waals surface area contributed by atoms with E-state index in [9.17, 15) is 22.8 Å². The molecule has 0 bridgehead atoms. The summed E-state index contributed by atoms with van der Waals surface area (Å²) in [5, 5.41) is 2.37. The Kier molecular flexibility index (Phi) is 6.85. The van der Waals surface area contributed by atoms with Crippen LogP contribution in [-0.2, 0) is 13.2 Å². The number of nitrogens with one attached hydrogen (secondary N) is 1. The summed E-state index contributed by atoms with van der Waals surface area (Å²) < 4.78 is 63.4. The van der Waals surface area contributed by atoms with Crippen molar-refractivity contribution in [1.82, 2.24) is 19.1 Å². The summed E-state index contributed by atoms with van der Waals surface area (Å²) in [7, 11) is 1.76. The van der Waals surface area contributed by atoms with E-state index in [1.54, 1.807) is 36.1 Å². The molecular formula is C30H18ClF4N5O3. The molecule has 0 saturated carbocycles. The van der Waals surface area contributed by atoms with E-state index in [0.29, 0.717) is 16.7 Å². The van der Waals surface area contributed by atoms with Crippen LogP contribution in [0.3, 0.4) is 0 Å². The highest BCUT2D eigenvalue weighted by Crippen LogP contribution is 2.34. The third-order valence-corrected chi connectivity index (χ3v) is 6.96. The van der Waals surface area contributed by atoms with E-state index < -0.39 is 28.9 Å². The fourth-order valence-corrected chi connectivity index (χ4v) is 4.85. The predicted molar refractivity (Wildman–Crippen MR) is 152 cm³/mol. The number of fused-ring (bicyclic) bond motifs is 2. The molecule has 13 heteroatoms. The van der Waals surface area contributed by atoms with E-state index >= 15 is 4.39 Å². The topological polar surface area (TPSA) is 91.0 Å². The molecule has 0 aliphatic carbocycles. The smallest absolute Gasteiger partial charge is 0.416 e. The van der Waals surface area contributed by atoms with Gasteiger partial charge in [0.25, 0.3) is 5.91 Å². The zero-order valence-corrected chi connectivity index (χ0v) is 22.7.